The van der Waals surface area contributed by atoms with Gasteiger partial charge in [-0.2, -0.15) is 5.10 Å². The zero-order valence-electron chi connectivity index (χ0n) is 16.2. The summed E-state index contributed by atoms with van der Waals surface area (Å²) in [6.07, 6.45) is 3.72. The monoisotopic (exact) mass is 413 g/mol. The average Bonchev–Trinajstić information content (AvgIpc) is 3.21. The molecule has 1 heterocycles. The van der Waals surface area contributed by atoms with Crippen molar-refractivity contribution in [1.82, 2.24) is 9.78 Å². The van der Waals surface area contributed by atoms with Crippen LogP contribution in [0.1, 0.15) is 16.7 Å². The Morgan fingerprint density at radius 2 is 1.57 bits per heavy atom. The second-order valence-electron chi connectivity index (χ2n) is 6.81. The van der Waals surface area contributed by atoms with Gasteiger partial charge in [-0.15, -0.1) is 0 Å². The Bertz CT molecular complexity index is 1150. The van der Waals surface area contributed by atoms with Crippen molar-refractivity contribution in [3.8, 4) is 0 Å². The van der Waals surface area contributed by atoms with Gasteiger partial charge in [0.15, 0.2) is 5.82 Å². The first-order valence-electron chi connectivity index (χ1n) is 9.59. The van der Waals surface area contributed by atoms with Crippen LogP contribution in [0.4, 0.5) is 5.82 Å². The van der Waals surface area contributed by atoms with Crippen LogP contribution in [0.15, 0.2) is 97.2 Å². The summed E-state index contributed by atoms with van der Waals surface area (Å²) in [4.78, 5) is 13.1. The van der Waals surface area contributed by atoms with Gasteiger partial charge < -0.3 is 5.32 Å². The molecule has 0 bridgehead atoms. The number of amides is 1. The molecular formula is C25H20ClN3O. The molecule has 0 aliphatic heterocycles. The molecule has 0 saturated carbocycles. The molecule has 1 amide bonds. The van der Waals surface area contributed by atoms with E-state index in [1.54, 1.807) is 10.7 Å². The number of rotatable bonds is 6. The molecule has 0 aliphatic carbocycles. The van der Waals surface area contributed by atoms with E-state index in [1.807, 2.05) is 97.2 Å². The third kappa shape index (κ3) is 5.04. The minimum absolute atomic E-state index is 0.207. The number of nitrogens with one attached hydrogen (secondary N) is 1. The molecule has 0 saturated heterocycles. The number of hydrogen-bond donors (Lipinski definition) is 1. The minimum atomic E-state index is -0.207. The Kier molecular flexibility index (Phi) is 6.06. The number of hydrogen-bond acceptors (Lipinski definition) is 2. The van der Waals surface area contributed by atoms with Crippen LogP contribution in [-0.2, 0) is 11.3 Å². The van der Waals surface area contributed by atoms with Crippen LogP contribution in [0.2, 0.25) is 5.02 Å². The lowest BCUT2D eigenvalue weighted by molar-refractivity contribution is -0.111. The van der Waals surface area contributed by atoms with Gasteiger partial charge >= 0.3 is 0 Å². The van der Waals surface area contributed by atoms with Gasteiger partial charge in [0.2, 0.25) is 0 Å². The summed E-state index contributed by atoms with van der Waals surface area (Å²) in [5.41, 5.74) is 3.46. The highest BCUT2D eigenvalue weighted by Gasteiger charge is 2.14. The topological polar surface area (TPSA) is 46.9 Å². The Balaban J connectivity index is 1.54. The van der Waals surface area contributed by atoms with Crippen LogP contribution in [0.25, 0.3) is 11.6 Å². The third-order valence-corrected chi connectivity index (χ3v) is 4.83. The molecule has 0 fully saturated rings. The van der Waals surface area contributed by atoms with E-state index >= 15 is 0 Å². The Hall–Kier alpha value is -3.63. The second kappa shape index (κ2) is 9.25. The smallest absolute Gasteiger partial charge is 0.257 e. The van der Waals surface area contributed by atoms with E-state index in [1.165, 1.54) is 0 Å². The van der Waals surface area contributed by atoms with Crippen molar-refractivity contribution in [2.45, 2.75) is 6.54 Å². The van der Waals surface area contributed by atoms with E-state index in [9.17, 15) is 4.79 Å². The van der Waals surface area contributed by atoms with E-state index in [2.05, 4.69) is 10.4 Å². The number of aromatic nitrogens is 2. The zero-order valence-corrected chi connectivity index (χ0v) is 17.0. The van der Waals surface area contributed by atoms with Gasteiger partial charge in [0, 0.05) is 22.9 Å². The summed E-state index contributed by atoms with van der Waals surface area (Å²) in [5, 5.41) is 8.09. The van der Waals surface area contributed by atoms with Crippen LogP contribution in [0.3, 0.4) is 0 Å². The third-order valence-electron chi connectivity index (χ3n) is 4.58. The van der Waals surface area contributed by atoms with Gasteiger partial charge in [0.1, 0.15) is 0 Å². The number of benzene rings is 3. The van der Waals surface area contributed by atoms with Gasteiger partial charge in [-0.25, -0.2) is 0 Å². The van der Waals surface area contributed by atoms with Gasteiger partial charge in [0.05, 0.1) is 6.54 Å². The summed E-state index contributed by atoms with van der Waals surface area (Å²) in [6.45, 7) is 0.596. The van der Waals surface area contributed by atoms with E-state index in [4.69, 9.17) is 11.6 Å². The van der Waals surface area contributed by atoms with E-state index in [0.717, 1.165) is 16.7 Å². The Morgan fingerprint density at radius 3 is 2.27 bits per heavy atom. The number of carbonyl (C=O) groups excluding carboxylic acids is 1. The molecule has 3 aromatic carbocycles. The van der Waals surface area contributed by atoms with Gasteiger partial charge in [-0.1, -0.05) is 84.4 Å². The molecule has 30 heavy (non-hydrogen) atoms. The molecule has 5 heteroatoms. The standard InChI is InChI=1S/C25H20ClN3O/c26-22-13-11-20(12-14-22)18-29-16-15-24(28-29)27-25(30)23(21-9-5-2-6-10-21)17-19-7-3-1-4-8-19/h1-17H,18H2,(H,27,28,30)/b23-17-. The molecule has 0 atom stereocenters. The molecule has 1 N–H and O–H groups in total. The lowest BCUT2D eigenvalue weighted by atomic mass is 10.0. The highest BCUT2D eigenvalue weighted by molar-refractivity contribution is 6.30. The van der Waals surface area contributed by atoms with Crippen molar-refractivity contribution < 1.29 is 4.79 Å². The van der Waals surface area contributed by atoms with E-state index in [0.29, 0.717) is 23.0 Å². The maximum Gasteiger partial charge on any atom is 0.257 e. The lowest BCUT2D eigenvalue weighted by Gasteiger charge is -2.08. The summed E-state index contributed by atoms with van der Waals surface area (Å²) in [6, 6.07) is 28.8. The molecule has 4 rings (SSSR count). The van der Waals surface area contributed by atoms with E-state index < -0.39 is 0 Å². The lowest BCUT2D eigenvalue weighted by Crippen LogP contribution is -2.14. The van der Waals surface area contributed by atoms with Crippen LogP contribution in [0.5, 0.6) is 0 Å². The quantitative estimate of drug-likeness (QED) is 0.322. The van der Waals surface area contributed by atoms with Crippen LogP contribution in [-0.4, -0.2) is 15.7 Å². The first-order chi connectivity index (χ1) is 14.7. The minimum Gasteiger partial charge on any atom is -0.305 e. The Labute approximate surface area is 180 Å². The second-order valence-corrected chi connectivity index (χ2v) is 7.25. The fourth-order valence-corrected chi connectivity index (χ4v) is 3.22. The molecule has 0 aliphatic rings. The SMILES string of the molecule is O=C(Nc1ccn(Cc2ccc(Cl)cc2)n1)/C(=C\c1ccccc1)c1ccccc1. The predicted octanol–water partition coefficient (Wildman–Crippen LogP) is 5.76. The number of nitrogens with zero attached hydrogens (tertiary/aromatic N) is 2. The molecule has 0 radical (unpaired) electrons. The van der Waals surface area contributed by atoms with Gasteiger partial charge in [0.25, 0.3) is 5.91 Å². The summed E-state index contributed by atoms with van der Waals surface area (Å²) in [5.74, 6) is 0.297. The maximum absolute atomic E-state index is 13.1. The Morgan fingerprint density at radius 1 is 0.900 bits per heavy atom. The predicted molar refractivity (Wildman–Crippen MR) is 122 cm³/mol. The average molecular weight is 414 g/mol. The fraction of sp³-hybridized carbons (Fsp3) is 0.0400. The summed E-state index contributed by atoms with van der Waals surface area (Å²) in [7, 11) is 0. The van der Waals surface area contributed by atoms with Crippen LogP contribution >= 0.6 is 11.6 Å². The normalized spacial score (nSPS) is 11.3. The van der Waals surface area contributed by atoms with E-state index in [-0.39, 0.29) is 5.91 Å². The van der Waals surface area contributed by atoms with Gasteiger partial charge in [-0.3, -0.25) is 9.48 Å². The molecule has 4 nitrogen and oxygen atoms in total. The molecule has 1 aromatic heterocycles. The highest BCUT2D eigenvalue weighted by atomic mass is 35.5. The zero-order chi connectivity index (χ0) is 20.8. The van der Waals surface area contributed by atoms with Crippen molar-refractivity contribution in [1.29, 1.82) is 0 Å². The number of carbonyl (C=O) groups is 1. The van der Waals surface area contributed by atoms with Crippen LogP contribution < -0.4 is 5.32 Å². The van der Waals surface area contributed by atoms with Crippen molar-refractivity contribution in [3.63, 3.8) is 0 Å². The maximum atomic E-state index is 13.1. The van der Waals surface area contributed by atoms with Crippen molar-refractivity contribution in [3.05, 3.63) is 119 Å². The highest BCUT2D eigenvalue weighted by Crippen LogP contribution is 2.20. The number of halogens is 1. The summed E-state index contributed by atoms with van der Waals surface area (Å²) >= 11 is 5.94. The van der Waals surface area contributed by atoms with Crippen molar-refractivity contribution in [2.75, 3.05) is 5.32 Å². The van der Waals surface area contributed by atoms with Crippen molar-refractivity contribution >= 4 is 35.0 Å². The molecule has 148 valence electrons. The number of anilines is 1. The van der Waals surface area contributed by atoms with Crippen molar-refractivity contribution in [2.24, 2.45) is 0 Å². The molecular weight excluding hydrogens is 394 g/mol. The van der Waals surface area contributed by atoms with Gasteiger partial charge in [-0.05, 0) is 34.9 Å². The first kappa shape index (κ1) is 19.7. The largest absolute Gasteiger partial charge is 0.305 e. The summed E-state index contributed by atoms with van der Waals surface area (Å²) < 4.78 is 1.78. The molecule has 4 aromatic rings. The first-order valence-corrected chi connectivity index (χ1v) is 9.96. The molecule has 0 unspecified atom stereocenters. The fourth-order valence-electron chi connectivity index (χ4n) is 3.09. The van der Waals surface area contributed by atoms with Crippen LogP contribution in [0, 0.1) is 0 Å². The molecule has 0 spiro atoms.